The molecule has 0 aliphatic carbocycles. The molecule has 0 spiro atoms. The number of anilines is 3. The number of hydrogen-bond donors (Lipinski definition) is 2. The summed E-state index contributed by atoms with van der Waals surface area (Å²) in [6, 6.07) is 9.70. The molecule has 0 fully saturated rings. The molecule has 3 rings (SSSR count). The van der Waals surface area contributed by atoms with Crippen LogP contribution in [0.3, 0.4) is 0 Å². The third-order valence-electron chi connectivity index (χ3n) is 3.38. The number of aromatic nitrogens is 2. The van der Waals surface area contributed by atoms with Gasteiger partial charge in [0.1, 0.15) is 11.9 Å². The van der Waals surface area contributed by atoms with Gasteiger partial charge in [-0.15, -0.1) is 0 Å². The number of nitrogens with one attached hydrogen (secondary N) is 1. The Kier molecular flexibility index (Phi) is 3.86. The Morgan fingerprint density at radius 1 is 1.41 bits per heavy atom. The van der Waals surface area contributed by atoms with Crippen molar-refractivity contribution in [1.29, 1.82) is 0 Å². The zero-order valence-corrected chi connectivity index (χ0v) is 12.7. The highest BCUT2D eigenvalue weighted by atomic mass is 32.2. The second-order valence-corrected chi connectivity index (χ2v) is 6.16. The van der Waals surface area contributed by atoms with Crippen LogP contribution in [0.25, 0.3) is 0 Å². The summed E-state index contributed by atoms with van der Waals surface area (Å²) in [5.74, 6) is 0.691. The van der Waals surface area contributed by atoms with Crippen LogP contribution in [-0.4, -0.2) is 33.2 Å². The summed E-state index contributed by atoms with van der Waals surface area (Å²) in [7, 11) is 0. The lowest BCUT2D eigenvalue weighted by atomic mass is 10.2. The van der Waals surface area contributed by atoms with Gasteiger partial charge in [0.05, 0.1) is 0 Å². The van der Waals surface area contributed by atoms with Crippen molar-refractivity contribution in [1.82, 2.24) is 9.97 Å². The first-order valence-corrected chi connectivity index (χ1v) is 8.19. The van der Waals surface area contributed by atoms with Crippen LogP contribution in [0.15, 0.2) is 35.5 Å². The molecule has 0 bridgehead atoms. The summed E-state index contributed by atoms with van der Waals surface area (Å²) in [6.45, 7) is 0.483. The largest absolute Gasteiger partial charge is 0.609 e. The highest BCUT2D eigenvalue weighted by molar-refractivity contribution is 7.90. The topological polar surface area (TPSA) is 107 Å². The van der Waals surface area contributed by atoms with Gasteiger partial charge in [-0.1, -0.05) is 30.3 Å². The molecule has 1 aromatic heterocycles. The molecule has 2 atom stereocenters. The maximum Gasteiger partial charge on any atom is 0.346 e. The van der Waals surface area contributed by atoms with Gasteiger partial charge in [0.15, 0.2) is 24.1 Å². The number of nitrogens with two attached hydrogens (primary N) is 1. The third-order valence-corrected chi connectivity index (χ3v) is 4.08. The molecule has 1 aromatic carbocycles. The van der Waals surface area contributed by atoms with E-state index < -0.39 is 17.3 Å². The van der Waals surface area contributed by atoms with Gasteiger partial charge in [-0.2, -0.15) is 9.97 Å². The molecule has 2 heterocycles. The number of fused-ring (bicyclic) bond motifs is 1. The highest BCUT2D eigenvalue weighted by Gasteiger charge is 2.34. The Morgan fingerprint density at radius 3 is 2.77 bits per heavy atom. The van der Waals surface area contributed by atoms with Crippen molar-refractivity contribution in [3.05, 3.63) is 35.9 Å². The minimum Gasteiger partial charge on any atom is -0.609 e. The summed E-state index contributed by atoms with van der Waals surface area (Å²) >= 11 is -1.35. The highest BCUT2D eigenvalue weighted by Crippen LogP contribution is 2.37. The molecule has 114 valence electrons. The van der Waals surface area contributed by atoms with Gasteiger partial charge in [0.25, 0.3) is 0 Å². The Labute approximate surface area is 130 Å². The monoisotopic (exact) mass is 317 g/mol. The van der Waals surface area contributed by atoms with E-state index in [0.717, 1.165) is 11.8 Å². The summed E-state index contributed by atoms with van der Waals surface area (Å²) in [5, 5.41) is 3.15. The Balaban J connectivity index is 2.01. The molecule has 0 radical (unpaired) electrons. The number of carbonyl (C=O) groups excluding carboxylic acids is 1. The van der Waals surface area contributed by atoms with Crippen molar-refractivity contribution in [2.45, 2.75) is 17.9 Å². The van der Waals surface area contributed by atoms with Crippen molar-refractivity contribution in [3.8, 4) is 0 Å². The van der Waals surface area contributed by atoms with E-state index in [2.05, 4.69) is 15.3 Å². The average molecular weight is 317 g/mol. The van der Waals surface area contributed by atoms with Gasteiger partial charge in [0, 0.05) is 17.7 Å². The standard InChI is InChI=1S/C14H15N5O2S/c1-22(21)14-17-12(15)11-13(18-14)19(10(8-20)16-11)7-9-5-3-2-4-6-9/h2-6,8,10,16H,7H2,1H3,(H2,15,17,18). The molecule has 22 heavy (non-hydrogen) atoms. The normalized spacial score (nSPS) is 17.7. The first-order valence-electron chi connectivity index (χ1n) is 6.63. The summed E-state index contributed by atoms with van der Waals surface area (Å²) in [4.78, 5) is 21.5. The molecule has 1 aliphatic heterocycles. The van der Waals surface area contributed by atoms with E-state index in [4.69, 9.17) is 5.73 Å². The van der Waals surface area contributed by atoms with Crippen LogP contribution in [-0.2, 0) is 22.5 Å². The van der Waals surface area contributed by atoms with Crippen LogP contribution >= 0.6 is 0 Å². The van der Waals surface area contributed by atoms with Crippen molar-refractivity contribution < 1.29 is 9.35 Å². The van der Waals surface area contributed by atoms with Crippen LogP contribution in [0.2, 0.25) is 0 Å². The average Bonchev–Trinajstić information content (AvgIpc) is 2.87. The van der Waals surface area contributed by atoms with Crippen LogP contribution in [0.1, 0.15) is 5.56 Å². The third kappa shape index (κ3) is 2.58. The fourth-order valence-electron chi connectivity index (χ4n) is 2.34. The van der Waals surface area contributed by atoms with E-state index in [1.54, 1.807) is 4.90 Å². The zero-order chi connectivity index (χ0) is 15.7. The maximum absolute atomic E-state index is 11.6. The predicted octanol–water partition coefficient (Wildman–Crippen LogP) is 0.753. The first kappa shape index (κ1) is 14.6. The maximum atomic E-state index is 11.6. The van der Waals surface area contributed by atoms with E-state index >= 15 is 0 Å². The van der Waals surface area contributed by atoms with Crippen molar-refractivity contribution in [2.75, 3.05) is 22.2 Å². The lowest BCUT2D eigenvalue weighted by molar-refractivity contribution is -0.108. The Bertz CT molecular complexity index is 695. The molecule has 2 aromatic rings. The lowest BCUT2D eigenvalue weighted by Crippen LogP contribution is -2.36. The molecule has 0 saturated heterocycles. The van der Waals surface area contributed by atoms with Gasteiger partial charge < -0.3 is 20.5 Å². The van der Waals surface area contributed by atoms with Crippen molar-refractivity contribution in [2.24, 2.45) is 0 Å². The minimum absolute atomic E-state index is 0.155. The van der Waals surface area contributed by atoms with Crippen molar-refractivity contribution in [3.63, 3.8) is 0 Å². The Morgan fingerprint density at radius 2 is 2.14 bits per heavy atom. The number of aldehydes is 1. The molecule has 2 unspecified atom stereocenters. The van der Waals surface area contributed by atoms with Gasteiger partial charge in [-0.25, -0.2) is 0 Å². The fourth-order valence-corrected chi connectivity index (χ4v) is 2.78. The lowest BCUT2D eigenvalue weighted by Gasteiger charge is -2.21. The molecule has 0 saturated carbocycles. The molecule has 8 heteroatoms. The second kappa shape index (κ2) is 5.82. The number of carbonyl (C=O) groups is 1. The van der Waals surface area contributed by atoms with Crippen LogP contribution in [0.4, 0.5) is 17.3 Å². The molecular formula is C14H15N5O2S. The summed E-state index contributed by atoms with van der Waals surface area (Å²) in [6.07, 6.45) is 1.70. The van der Waals surface area contributed by atoms with Crippen LogP contribution < -0.4 is 16.0 Å². The van der Waals surface area contributed by atoms with Gasteiger partial charge in [-0.3, -0.25) is 4.79 Å². The molecule has 1 aliphatic rings. The number of benzene rings is 1. The smallest absolute Gasteiger partial charge is 0.346 e. The van der Waals surface area contributed by atoms with Gasteiger partial charge in [0.2, 0.25) is 0 Å². The predicted molar refractivity (Wildman–Crippen MR) is 84.9 cm³/mol. The van der Waals surface area contributed by atoms with Crippen LogP contribution in [0, 0.1) is 0 Å². The fraction of sp³-hybridized carbons (Fsp3) is 0.214. The molecule has 3 N–H and O–H groups in total. The zero-order valence-electron chi connectivity index (χ0n) is 11.9. The quantitative estimate of drug-likeness (QED) is 0.487. The molecule has 0 amide bonds. The van der Waals surface area contributed by atoms with E-state index in [-0.39, 0.29) is 11.0 Å². The van der Waals surface area contributed by atoms with E-state index in [1.807, 2.05) is 30.3 Å². The SMILES string of the molecule is C[S+]([O-])c1nc(N)c2c(n1)N(Cc1ccccc1)C(C=O)N2. The number of nitrogen functional groups attached to an aromatic ring is 1. The van der Waals surface area contributed by atoms with E-state index in [9.17, 15) is 9.35 Å². The first-order chi connectivity index (χ1) is 10.6. The van der Waals surface area contributed by atoms with Crippen molar-refractivity contribution >= 4 is 34.8 Å². The van der Waals surface area contributed by atoms with Gasteiger partial charge >= 0.3 is 5.16 Å². The van der Waals surface area contributed by atoms with E-state index in [1.165, 1.54) is 6.26 Å². The van der Waals surface area contributed by atoms with Gasteiger partial charge in [-0.05, 0) is 5.56 Å². The number of nitrogens with zero attached hydrogens (tertiary/aromatic N) is 3. The van der Waals surface area contributed by atoms with Crippen LogP contribution in [0.5, 0.6) is 0 Å². The second-order valence-electron chi connectivity index (χ2n) is 4.88. The summed E-state index contributed by atoms with van der Waals surface area (Å²) < 4.78 is 11.6. The molecular weight excluding hydrogens is 302 g/mol. The minimum atomic E-state index is -1.35. The summed E-state index contributed by atoms with van der Waals surface area (Å²) in [5.41, 5.74) is 7.42. The Hall–Kier alpha value is -2.32. The number of rotatable bonds is 4. The molecule has 7 nitrogen and oxygen atoms in total. The number of hydrogen-bond acceptors (Lipinski definition) is 7. The van der Waals surface area contributed by atoms with E-state index in [0.29, 0.717) is 18.1 Å².